The Bertz CT molecular complexity index is 1190. The highest BCUT2D eigenvalue weighted by atomic mass is 35.5. The molecule has 1 aromatic heterocycles. The van der Waals surface area contributed by atoms with Crippen LogP contribution in [0.2, 0.25) is 5.02 Å². The van der Waals surface area contributed by atoms with Crippen LogP contribution in [0.25, 0.3) is 22.8 Å². The Morgan fingerprint density at radius 2 is 1.70 bits per heavy atom. The monoisotopic (exact) mass is 419 g/mol. The summed E-state index contributed by atoms with van der Waals surface area (Å²) in [7, 11) is 0. The molecule has 1 heterocycles. The molecule has 1 N–H and O–H groups in total. The van der Waals surface area contributed by atoms with E-state index >= 15 is 0 Å². The standard InChI is InChI=1S/C23H18ClN3O3/c1-15-8-2-6-12-19(15)25-21(28)14-29-20-13-7-4-10-17(20)23-26-22(27-30-23)16-9-3-5-11-18(16)24/h2-13H,14H2,1H3,(H,25,28). The number of hydrogen-bond donors (Lipinski definition) is 1. The van der Waals surface area contributed by atoms with Gasteiger partial charge >= 0.3 is 0 Å². The van der Waals surface area contributed by atoms with E-state index in [0.717, 1.165) is 11.3 Å². The molecule has 0 aliphatic rings. The summed E-state index contributed by atoms with van der Waals surface area (Å²) in [5, 5.41) is 7.39. The van der Waals surface area contributed by atoms with E-state index in [1.807, 2.05) is 61.5 Å². The van der Waals surface area contributed by atoms with Crippen LogP contribution >= 0.6 is 11.6 Å². The van der Waals surface area contributed by atoms with Crippen LogP contribution in [0.4, 0.5) is 5.69 Å². The maximum Gasteiger partial charge on any atom is 0.262 e. The minimum Gasteiger partial charge on any atom is -0.483 e. The summed E-state index contributed by atoms with van der Waals surface area (Å²) in [5.41, 5.74) is 2.99. The Kier molecular flexibility index (Phi) is 5.77. The second-order valence-electron chi connectivity index (χ2n) is 6.55. The number of amides is 1. The fraction of sp³-hybridized carbons (Fsp3) is 0.0870. The van der Waals surface area contributed by atoms with E-state index in [0.29, 0.717) is 27.7 Å². The number of halogens is 1. The number of nitrogens with one attached hydrogen (secondary N) is 1. The van der Waals surface area contributed by atoms with Crippen molar-refractivity contribution in [3.63, 3.8) is 0 Å². The second-order valence-corrected chi connectivity index (χ2v) is 6.96. The summed E-state index contributed by atoms with van der Waals surface area (Å²) in [6.07, 6.45) is 0. The lowest BCUT2D eigenvalue weighted by Gasteiger charge is -2.11. The number of hydrogen-bond acceptors (Lipinski definition) is 5. The number of aromatic nitrogens is 2. The first kappa shape index (κ1) is 19.7. The van der Waals surface area contributed by atoms with Crippen LogP contribution in [0.15, 0.2) is 77.3 Å². The van der Waals surface area contributed by atoms with Crippen LogP contribution in [0.1, 0.15) is 5.56 Å². The number of aryl methyl sites for hydroxylation is 1. The number of benzene rings is 3. The fourth-order valence-corrected chi connectivity index (χ4v) is 3.12. The van der Waals surface area contributed by atoms with Crippen molar-refractivity contribution in [2.75, 3.05) is 11.9 Å². The smallest absolute Gasteiger partial charge is 0.262 e. The Hall–Kier alpha value is -3.64. The molecule has 3 aromatic carbocycles. The third kappa shape index (κ3) is 4.34. The van der Waals surface area contributed by atoms with Gasteiger partial charge in [0.05, 0.1) is 10.6 Å². The summed E-state index contributed by atoms with van der Waals surface area (Å²) < 4.78 is 11.2. The van der Waals surface area contributed by atoms with Crippen molar-refractivity contribution in [2.45, 2.75) is 6.92 Å². The van der Waals surface area contributed by atoms with Gasteiger partial charge in [0.2, 0.25) is 5.82 Å². The molecule has 0 atom stereocenters. The zero-order valence-corrected chi connectivity index (χ0v) is 16.9. The highest BCUT2D eigenvalue weighted by Gasteiger charge is 2.17. The van der Waals surface area contributed by atoms with Crippen molar-refractivity contribution < 1.29 is 14.1 Å². The normalized spacial score (nSPS) is 10.6. The van der Waals surface area contributed by atoms with Gasteiger partial charge in [-0.3, -0.25) is 4.79 Å². The third-order valence-corrected chi connectivity index (χ3v) is 4.77. The summed E-state index contributed by atoms with van der Waals surface area (Å²) in [6.45, 7) is 1.77. The highest BCUT2D eigenvalue weighted by Crippen LogP contribution is 2.32. The lowest BCUT2D eigenvalue weighted by molar-refractivity contribution is -0.118. The van der Waals surface area contributed by atoms with Gasteiger partial charge in [0, 0.05) is 11.3 Å². The van der Waals surface area contributed by atoms with Crippen molar-refractivity contribution in [1.82, 2.24) is 10.1 Å². The average molecular weight is 420 g/mol. The number of anilines is 1. The van der Waals surface area contributed by atoms with Crippen molar-refractivity contribution in [1.29, 1.82) is 0 Å². The predicted molar refractivity (Wildman–Crippen MR) is 115 cm³/mol. The van der Waals surface area contributed by atoms with Gasteiger partial charge in [-0.05, 0) is 42.8 Å². The third-order valence-electron chi connectivity index (χ3n) is 4.44. The van der Waals surface area contributed by atoms with Crippen molar-refractivity contribution >= 4 is 23.2 Å². The van der Waals surface area contributed by atoms with E-state index in [9.17, 15) is 4.79 Å². The number of rotatable bonds is 6. The van der Waals surface area contributed by atoms with Crippen LogP contribution < -0.4 is 10.1 Å². The summed E-state index contributed by atoms with van der Waals surface area (Å²) in [5.74, 6) is 0.857. The minimum atomic E-state index is -0.263. The lowest BCUT2D eigenvalue weighted by atomic mass is 10.2. The van der Waals surface area contributed by atoms with Crippen molar-refractivity contribution in [2.24, 2.45) is 0 Å². The van der Waals surface area contributed by atoms with Gasteiger partial charge in [0.1, 0.15) is 5.75 Å². The highest BCUT2D eigenvalue weighted by molar-refractivity contribution is 6.33. The summed E-state index contributed by atoms with van der Waals surface area (Å²) in [4.78, 5) is 16.7. The number of nitrogens with zero attached hydrogens (tertiary/aromatic N) is 2. The molecule has 0 spiro atoms. The maximum atomic E-state index is 12.3. The number of carbonyl (C=O) groups is 1. The zero-order chi connectivity index (χ0) is 20.9. The lowest BCUT2D eigenvalue weighted by Crippen LogP contribution is -2.20. The molecule has 0 saturated carbocycles. The molecule has 1 amide bonds. The Balaban J connectivity index is 1.50. The van der Waals surface area contributed by atoms with Crippen LogP contribution in [-0.4, -0.2) is 22.7 Å². The van der Waals surface area contributed by atoms with Gasteiger partial charge in [-0.15, -0.1) is 0 Å². The van der Waals surface area contributed by atoms with E-state index in [1.54, 1.807) is 18.2 Å². The Morgan fingerprint density at radius 3 is 2.50 bits per heavy atom. The largest absolute Gasteiger partial charge is 0.483 e. The Morgan fingerprint density at radius 1 is 1.00 bits per heavy atom. The topological polar surface area (TPSA) is 77.2 Å². The molecule has 30 heavy (non-hydrogen) atoms. The molecule has 150 valence electrons. The average Bonchev–Trinajstić information content (AvgIpc) is 3.24. The summed E-state index contributed by atoms with van der Waals surface area (Å²) in [6, 6.07) is 22.0. The van der Waals surface area contributed by atoms with Gasteiger partial charge in [0.15, 0.2) is 6.61 Å². The van der Waals surface area contributed by atoms with Crippen molar-refractivity contribution in [3.05, 3.63) is 83.4 Å². The van der Waals surface area contributed by atoms with Gasteiger partial charge in [-0.25, -0.2) is 0 Å². The van der Waals surface area contributed by atoms with E-state index in [2.05, 4.69) is 15.5 Å². The second kappa shape index (κ2) is 8.80. The van der Waals surface area contributed by atoms with Gasteiger partial charge in [-0.2, -0.15) is 4.98 Å². The van der Waals surface area contributed by atoms with E-state index in [-0.39, 0.29) is 18.4 Å². The first-order chi connectivity index (χ1) is 14.6. The SMILES string of the molecule is Cc1ccccc1NC(=O)COc1ccccc1-c1nc(-c2ccccc2Cl)no1. The molecule has 0 fully saturated rings. The number of ether oxygens (including phenoxy) is 1. The van der Waals surface area contributed by atoms with Crippen LogP contribution in [0.5, 0.6) is 5.75 Å². The number of carbonyl (C=O) groups excluding carboxylic acids is 1. The quantitative estimate of drug-likeness (QED) is 0.453. The van der Waals surface area contributed by atoms with Crippen LogP contribution in [-0.2, 0) is 4.79 Å². The molecule has 0 bridgehead atoms. The number of para-hydroxylation sites is 2. The molecule has 4 rings (SSSR count). The van der Waals surface area contributed by atoms with Gasteiger partial charge in [0.25, 0.3) is 11.8 Å². The molecule has 7 heteroatoms. The van der Waals surface area contributed by atoms with E-state index in [4.69, 9.17) is 20.9 Å². The molecular formula is C23H18ClN3O3. The van der Waals surface area contributed by atoms with E-state index in [1.165, 1.54) is 0 Å². The fourth-order valence-electron chi connectivity index (χ4n) is 2.90. The van der Waals surface area contributed by atoms with Crippen LogP contribution in [0.3, 0.4) is 0 Å². The van der Waals surface area contributed by atoms with Crippen molar-refractivity contribution in [3.8, 4) is 28.6 Å². The molecule has 0 saturated heterocycles. The molecular weight excluding hydrogens is 402 g/mol. The Labute approximate surface area is 178 Å². The van der Waals surface area contributed by atoms with Gasteiger partial charge in [-0.1, -0.05) is 59.2 Å². The van der Waals surface area contributed by atoms with E-state index < -0.39 is 0 Å². The molecule has 0 radical (unpaired) electrons. The van der Waals surface area contributed by atoms with Crippen LogP contribution in [0, 0.1) is 6.92 Å². The molecule has 4 aromatic rings. The molecule has 0 aliphatic carbocycles. The first-order valence-electron chi connectivity index (χ1n) is 9.28. The molecule has 6 nitrogen and oxygen atoms in total. The maximum absolute atomic E-state index is 12.3. The van der Waals surface area contributed by atoms with Gasteiger partial charge < -0.3 is 14.6 Å². The minimum absolute atomic E-state index is 0.156. The zero-order valence-electron chi connectivity index (χ0n) is 16.1. The first-order valence-corrected chi connectivity index (χ1v) is 9.66. The predicted octanol–water partition coefficient (Wildman–Crippen LogP) is 5.38. The molecule has 0 unspecified atom stereocenters. The molecule has 0 aliphatic heterocycles. The summed E-state index contributed by atoms with van der Waals surface area (Å²) >= 11 is 6.22.